The SMILES string of the molecule is CCCNc1cc(C)ncc1C(=O)NCc1nccn1C. The predicted octanol–water partition coefficient (Wildman–Crippen LogP) is 1.88. The summed E-state index contributed by atoms with van der Waals surface area (Å²) in [4.78, 5) is 20.7. The molecule has 0 bridgehead atoms. The average molecular weight is 287 g/mol. The van der Waals surface area contributed by atoms with E-state index in [-0.39, 0.29) is 5.91 Å². The molecule has 0 aromatic carbocycles. The Balaban J connectivity index is 2.09. The van der Waals surface area contributed by atoms with Crippen molar-refractivity contribution in [2.75, 3.05) is 11.9 Å². The first-order valence-corrected chi connectivity index (χ1v) is 7.06. The monoisotopic (exact) mass is 287 g/mol. The highest BCUT2D eigenvalue weighted by Gasteiger charge is 2.12. The summed E-state index contributed by atoms with van der Waals surface area (Å²) in [5.74, 6) is 0.663. The lowest BCUT2D eigenvalue weighted by molar-refractivity contribution is 0.0950. The van der Waals surface area contributed by atoms with Gasteiger partial charge in [-0.05, 0) is 19.4 Å². The first-order chi connectivity index (χ1) is 10.1. The standard InChI is InChI=1S/C15H21N5O/c1-4-5-16-13-8-11(2)18-9-12(13)15(21)19-10-14-17-6-7-20(14)3/h6-9H,4-5,10H2,1-3H3,(H,16,18)(H,19,21). The molecule has 0 aliphatic rings. The summed E-state index contributed by atoms with van der Waals surface area (Å²) < 4.78 is 1.88. The Hall–Kier alpha value is -2.37. The van der Waals surface area contributed by atoms with Crippen LogP contribution in [-0.2, 0) is 13.6 Å². The van der Waals surface area contributed by atoms with Crippen LogP contribution in [0.5, 0.6) is 0 Å². The van der Waals surface area contributed by atoms with Gasteiger partial charge in [0.15, 0.2) is 0 Å². The van der Waals surface area contributed by atoms with Gasteiger partial charge in [-0.15, -0.1) is 0 Å². The van der Waals surface area contributed by atoms with E-state index in [1.54, 1.807) is 12.4 Å². The molecule has 0 atom stereocenters. The second-order valence-corrected chi connectivity index (χ2v) is 4.94. The number of carbonyl (C=O) groups is 1. The number of carbonyl (C=O) groups excluding carboxylic acids is 1. The van der Waals surface area contributed by atoms with Crippen LogP contribution in [0.15, 0.2) is 24.7 Å². The van der Waals surface area contributed by atoms with Crippen LogP contribution in [0.4, 0.5) is 5.69 Å². The number of imidazole rings is 1. The normalized spacial score (nSPS) is 10.4. The van der Waals surface area contributed by atoms with Crippen molar-refractivity contribution in [2.45, 2.75) is 26.8 Å². The van der Waals surface area contributed by atoms with Crippen LogP contribution in [0.1, 0.15) is 35.2 Å². The second kappa shape index (κ2) is 6.88. The summed E-state index contributed by atoms with van der Waals surface area (Å²) in [7, 11) is 1.90. The maximum atomic E-state index is 12.3. The zero-order valence-corrected chi connectivity index (χ0v) is 12.7. The number of aromatic nitrogens is 3. The first-order valence-electron chi connectivity index (χ1n) is 7.06. The molecule has 0 saturated carbocycles. The average Bonchev–Trinajstić information content (AvgIpc) is 2.88. The minimum atomic E-state index is -0.149. The van der Waals surface area contributed by atoms with E-state index in [0.29, 0.717) is 12.1 Å². The molecule has 0 aliphatic carbocycles. The maximum Gasteiger partial charge on any atom is 0.255 e. The molecule has 21 heavy (non-hydrogen) atoms. The molecule has 6 nitrogen and oxygen atoms in total. The molecule has 6 heteroatoms. The van der Waals surface area contributed by atoms with Gasteiger partial charge in [-0.1, -0.05) is 6.92 Å². The van der Waals surface area contributed by atoms with Gasteiger partial charge in [-0.25, -0.2) is 4.98 Å². The van der Waals surface area contributed by atoms with Crippen molar-refractivity contribution in [1.29, 1.82) is 0 Å². The third kappa shape index (κ3) is 3.81. The highest BCUT2D eigenvalue weighted by Crippen LogP contribution is 2.15. The van der Waals surface area contributed by atoms with Crippen LogP contribution in [0.25, 0.3) is 0 Å². The van der Waals surface area contributed by atoms with Gasteiger partial charge in [0.1, 0.15) is 5.82 Å². The summed E-state index contributed by atoms with van der Waals surface area (Å²) in [6, 6.07) is 1.89. The van der Waals surface area contributed by atoms with Crippen LogP contribution >= 0.6 is 0 Å². The lowest BCUT2D eigenvalue weighted by atomic mass is 10.2. The molecule has 0 radical (unpaired) electrons. The van der Waals surface area contributed by atoms with Crippen LogP contribution in [-0.4, -0.2) is 27.0 Å². The molecular formula is C15H21N5O. The maximum absolute atomic E-state index is 12.3. The van der Waals surface area contributed by atoms with Crippen LogP contribution in [0.3, 0.4) is 0 Å². The molecule has 112 valence electrons. The molecule has 2 aromatic rings. The Morgan fingerprint density at radius 2 is 2.19 bits per heavy atom. The molecule has 2 N–H and O–H groups in total. The van der Waals surface area contributed by atoms with Gasteiger partial charge in [-0.3, -0.25) is 9.78 Å². The lowest BCUT2D eigenvalue weighted by Crippen LogP contribution is -2.25. The van der Waals surface area contributed by atoms with E-state index in [1.807, 2.05) is 30.8 Å². The van der Waals surface area contributed by atoms with Gasteiger partial charge in [0.25, 0.3) is 5.91 Å². The second-order valence-electron chi connectivity index (χ2n) is 4.94. The van der Waals surface area contributed by atoms with Crippen LogP contribution in [0.2, 0.25) is 0 Å². The van der Waals surface area contributed by atoms with E-state index in [2.05, 4.69) is 27.5 Å². The number of pyridine rings is 1. The van der Waals surface area contributed by atoms with Crippen molar-refractivity contribution in [3.8, 4) is 0 Å². The number of hydrogen-bond acceptors (Lipinski definition) is 4. The molecule has 0 unspecified atom stereocenters. The number of amides is 1. The zero-order valence-electron chi connectivity index (χ0n) is 12.7. The Kier molecular flexibility index (Phi) is 4.92. The van der Waals surface area contributed by atoms with Crippen molar-refractivity contribution < 1.29 is 4.79 Å². The van der Waals surface area contributed by atoms with Gasteiger partial charge >= 0.3 is 0 Å². The van der Waals surface area contributed by atoms with E-state index in [1.165, 1.54) is 0 Å². The molecule has 2 heterocycles. The van der Waals surface area contributed by atoms with Crippen molar-refractivity contribution in [3.05, 3.63) is 41.7 Å². The number of anilines is 1. The van der Waals surface area contributed by atoms with Gasteiger partial charge in [0.05, 0.1) is 17.8 Å². The fourth-order valence-electron chi connectivity index (χ4n) is 1.97. The summed E-state index contributed by atoms with van der Waals surface area (Å²) in [5.41, 5.74) is 2.26. The summed E-state index contributed by atoms with van der Waals surface area (Å²) in [5, 5.41) is 6.14. The molecule has 1 amide bonds. The number of nitrogens with zero attached hydrogens (tertiary/aromatic N) is 3. The van der Waals surface area contributed by atoms with Gasteiger partial charge in [-0.2, -0.15) is 0 Å². The fourth-order valence-corrected chi connectivity index (χ4v) is 1.97. The third-order valence-corrected chi connectivity index (χ3v) is 3.18. The molecule has 0 saturated heterocycles. The predicted molar refractivity (Wildman–Crippen MR) is 82.1 cm³/mol. The number of aryl methyl sites for hydroxylation is 2. The number of nitrogens with one attached hydrogen (secondary N) is 2. The minimum Gasteiger partial charge on any atom is -0.384 e. The summed E-state index contributed by atoms with van der Waals surface area (Å²) >= 11 is 0. The van der Waals surface area contributed by atoms with Crippen molar-refractivity contribution >= 4 is 11.6 Å². The molecule has 0 spiro atoms. The highest BCUT2D eigenvalue weighted by atomic mass is 16.1. The third-order valence-electron chi connectivity index (χ3n) is 3.18. The molecule has 0 aliphatic heterocycles. The first kappa shape index (κ1) is 15.0. The highest BCUT2D eigenvalue weighted by molar-refractivity contribution is 5.99. The zero-order chi connectivity index (χ0) is 15.2. The molecular weight excluding hydrogens is 266 g/mol. The van der Waals surface area contributed by atoms with Crippen molar-refractivity contribution in [1.82, 2.24) is 19.9 Å². The number of hydrogen-bond donors (Lipinski definition) is 2. The van der Waals surface area contributed by atoms with E-state index in [0.717, 1.165) is 30.2 Å². The Morgan fingerprint density at radius 3 is 2.86 bits per heavy atom. The van der Waals surface area contributed by atoms with Gasteiger partial charge in [0, 0.05) is 37.9 Å². The van der Waals surface area contributed by atoms with Gasteiger partial charge in [0.2, 0.25) is 0 Å². The quantitative estimate of drug-likeness (QED) is 0.851. The Labute approximate surface area is 124 Å². The van der Waals surface area contributed by atoms with Crippen molar-refractivity contribution in [2.24, 2.45) is 7.05 Å². The lowest BCUT2D eigenvalue weighted by Gasteiger charge is -2.12. The summed E-state index contributed by atoms with van der Waals surface area (Å²) in [6.45, 7) is 5.21. The smallest absolute Gasteiger partial charge is 0.255 e. The summed E-state index contributed by atoms with van der Waals surface area (Å²) in [6.07, 6.45) is 6.17. The molecule has 0 fully saturated rings. The van der Waals surface area contributed by atoms with E-state index in [4.69, 9.17) is 0 Å². The largest absolute Gasteiger partial charge is 0.384 e. The van der Waals surface area contributed by atoms with E-state index >= 15 is 0 Å². The molecule has 2 aromatic heterocycles. The van der Waals surface area contributed by atoms with Crippen LogP contribution in [0, 0.1) is 6.92 Å². The van der Waals surface area contributed by atoms with Crippen molar-refractivity contribution in [3.63, 3.8) is 0 Å². The Bertz CT molecular complexity index is 620. The molecule has 2 rings (SSSR count). The number of rotatable bonds is 6. The van der Waals surface area contributed by atoms with Gasteiger partial charge < -0.3 is 15.2 Å². The topological polar surface area (TPSA) is 71.8 Å². The van der Waals surface area contributed by atoms with Crippen LogP contribution < -0.4 is 10.6 Å². The van der Waals surface area contributed by atoms with E-state index < -0.39 is 0 Å². The Morgan fingerprint density at radius 1 is 1.38 bits per heavy atom. The minimum absolute atomic E-state index is 0.149. The fraction of sp³-hybridized carbons (Fsp3) is 0.400. The van der Waals surface area contributed by atoms with E-state index in [9.17, 15) is 4.79 Å².